The Morgan fingerprint density at radius 2 is 2.00 bits per heavy atom. The predicted octanol–water partition coefficient (Wildman–Crippen LogP) is 3.79. The van der Waals surface area contributed by atoms with Gasteiger partial charge in [-0.3, -0.25) is 10.1 Å². The molecule has 0 saturated carbocycles. The van der Waals surface area contributed by atoms with Crippen LogP contribution >= 0.6 is 11.6 Å². The number of para-hydroxylation sites is 1. The maximum Gasteiger partial charge on any atom is 0.280 e. The van der Waals surface area contributed by atoms with Gasteiger partial charge in [-0.2, -0.15) is 0 Å². The summed E-state index contributed by atoms with van der Waals surface area (Å²) in [5, 5.41) is 11.6. The first-order chi connectivity index (χ1) is 9.15. The van der Waals surface area contributed by atoms with Gasteiger partial charge in [0, 0.05) is 11.1 Å². The van der Waals surface area contributed by atoms with Crippen LogP contribution in [0.2, 0.25) is 5.02 Å². The number of benzene rings is 2. The topological polar surface area (TPSA) is 71.8 Å². The molecule has 3 aromatic rings. The zero-order valence-electron chi connectivity index (χ0n) is 9.63. The Labute approximate surface area is 113 Å². The highest BCUT2D eigenvalue weighted by Crippen LogP contribution is 2.29. The van der Waals surface area contributed by atoms with E-state index in [2.05, 4.69) is 9.97 Å². The van der Waals surface area contributed by atoms with E-state index in [0.717, 1.165) is 11.0 Å². The van der Waals surface area contributed by atoms with Gasteiger partial charge in [0.15, 0.2) is 0 Å². The van der Waals surface area contributed by atoms with Crippen molar-refractivity contribution in [2.24, 2.45) is 0 Å². The average Bonchev–Trinajstić information content (AvgIpc) is 2.81. The largest absolute Gasteiger partial charge is 0.338 e. The second-order valence-corrected chi connectivity index (χ2v) is 4.46. The summed E-state index contributed by atoms with van der Waals surface area (Å²) in [6.07, 6.45) is 0. The number of aromatic nitrogens is 2. The van der Waals surface area contributed by atoms with Gasteiger partial charge in [0.1, 0.15) is 5.82 Å². The molecule has 5 nitrogen and oxygen atoms in total. The van der Waals surface area contributed by atoms with Crippen LogP contribution in [0.25, 0.3) is 22.4 Å². The summed E-state index contributed by atoms with van der Waals surface area (Å²) in [7, 11) is 0. The molecule has 0 aliphatic carbocycles. The molecule has 1 heterocycles. The molecule has 0 radical (unpaired) electrons. The Bertz CT molecular complexity index is 782. The van der Waals surface area contributed by atoms with Crippen molar-refractivity contribution in [3.63, 3.8) is 0 Å². The number of H-pyrrole nitrogens is 1. The quantitative estimate of drug-likeness (QED) is 0.570. The lowest BCUT2D eigenvalue weighted by Gasteiger charge is -1.98. The number of hydrogen-bond donors (Lipinski definition) is 1. The molecule has 0 amide bonds. The molecule has 1 aromatic heterocycles. The van der Waals surface area contributed by atoms with E-state index in [-0.39, 0.29) is 5.69 Å². The maximum absolute atomic E-state index is 11.0. The highest BCUT2D eigenvalue weighted by Gasteiger charge is 2.17. The van der Waals surface area contributed by atoms with Gasteiger partial charge in [-0.25, -0.2) is 4.98 Å². The van der Waals surface area contributed by atoms with Crippen molar-refractivity contribution >= 4 is 28.3 Å². The summed E-state index contributed by atoms with van der Waals surface area (Å²) < 4.78 is 0. The molecule has 0 spiro atoms. The fraction of sp³-hybridized carbons (Fsp3) is 0. The third kappa shape index (κ3) is 2.04. The fourth-order valence-corrected chi connectivity index (χ4v) is 2.11. The van der Waals surface area contributed by atoms with E-state index in [1.54, 1.807) is 36.4 Å². The normalized spacial score (nSPS) is 10.8. The van der Waals surface area contributed by atoms with Gasteiger partial charge in [0.05, 0.1) is 21.5 Å². The first-order valence-corrected chi connectivity index (χ1v) is 5.92. The highest BCUT2D eigenvalue weighted by molar-refractivity contribution is 6.31. The summed E-state index contributed by atoms with van der Waals surface area (Å²) in [5.74, 6) is 0.463. The van der Waals surface area contributed by atoms with E-state index in [1.165, 1.54) is 6.07 Å². The van der Waals surface area contributed by atoms with Crippen LogP contribution in [0.4, 0.5) is 5.69 Å². The molecule has 0 aliphatic rings. The molecule has 0 fully saturated rings. The lowest BCUT2D eigenvalue weighted by atomic mass is 10.2. The number of nitro groups is 1. The highest BCUT2D eigenvalue weighted by atomic mass is 35.5. The van der Waals surface area contributed by atoms with E-state index in [9.17, 15) is 10.1 Å². The Kier molecular flexibility index (Phi) is 2.68. The molecular formula is C13H8ClN3O2. The van der Waals surface area contributed by atoms with E-state index < -0.39 is 4.92 Å². The van der Waals surface area contributed by atoms with Crippen molar-refractivity contribution in [2.75, 3.05) is 0 Å². The summed E-state index contributed by atoms with van der Waals surface area (Å²) in [5.41, 5.74) is 1.95. The zero-order chi connectivity index (χ0) is 13.4. The minimum Gasteiger partial charge on any atom is -0.338 e. The SMILES string of the molecule is O=[N+]([O-])c1ccccc1-c1nc2ccc(Cl)cc2[nH]1. The third-order valence-electron chi connectivity index (χ3n) is 2.80. The van der Waals surface area contributed by atoms with Gasteiger partial charge in [-0.1, -0.05) is 23.7 Å². The fourth-order valence-electron chi connectivity index (χ4n) is 1.94. The van der Waals surface area contributed by atoms with Gasteiger partial charge >= 0.3 is 0 Å². The van der Waals surface area contributed by atoms with Crippen LogP contribution in [0.3, 0.4) is 0 Å². The zero-order valence-corrected chi connectivity index (χ0v) is 10.4. The van der Waals surface area contributed by atoms with Crippen molar-refractivity contribution in [1.82, 2.24) is 9.97 Å². The van der Waals surface area contributed by atoms with Crippen molar-refractivity contribution in [1.29, 1.82) is 0 Å². The van der Waals surface area contributed by atoms with Gasteiger partial charge in [0.2, 0.25) is 0 Å². The number of nitrogens with one attached hydrogen (secondary N) is 1. The van der Waals surface area contributed by atoms with Crippen LogP contribution in [-0.4, -0.2) is 14.9 Å². The van der Waals surface area contributed by atoms with Crippen LogP contribution in [-0.2, 0) is 0 Å². The van der Waals surface area contributed by atoms with E-state index >= 15 is 0 Å². The molecular weight excluding hydrogens is 266 g/mol. The van der Waals surface area contributed by atoms with Crippen molar-refractivity contribution in [3.8, 4) is 11.4 Å². The standard InChI is InChI=1S/C13H8ClN3O2/c14-8-5-6-10-11(7-8)16-13(15-10)9-3-1-2-4-12(9)17(18)19/h1-7H,(H,15,16). The Balaban J connectivity index is 2.22. The molecule has 94 valence electrons. The Hall–Kier alpha value is -2.40. The Morgan fingerprint density at radius 1 is 1.21 bits per heavy atom. The number of imidazole rings is 1. The molecule has 19 heavy (non-hydrogen) atoms. The third-order valence-corrected chi connectivity index (χ3v) is 3.03. The minimum atomic E-state index is -0.421. The molecule has 0 aliphatic heterocycles. The van der Waals surface area contributed by atoms with E-state index in [4.69, 9.17) is 11.6 Å². The molecule has 0 unspecified atom stereocenters. The lowest BCUT2D eigenvalue weighted by molar-refractivity contribution is -0.384. The predicted molar refractivity (Wildman–Crippen MR) is 73.2 cm³/mol. The second-order valence-electron chi connectivity index (χ2n) is 4.02. The number of nitro benzene ring substituents is 1. The maximum atomic E-state index is 11.0. The molecule has 0 atom stereocenters. The second kappa shape index (κ2) is 4.37. The van der Waals surface area contributed by atoms with Crippen LogP contribution in [0.5, 0.6) is 0 Å². The van der Waals surface area contributed by atoms with Crippen LogP contribution in [0, 0.1) is 10.1 Å². The summed E-state index contributed by atoms with van der Waals surface area (Å²) in [6, 6.07) is 11.7. The smallest absolute Gasteiger partial charge is 0.280 e. The van der Waals surface area contributed by atoms with Crippen molar-refractivity contribution < 1.29 is 4.92 Å². The number of aromatic amines is 1. The minimum absolute atomic E-state index is 0.0210. The molecule has 1 N–H and O–H groups in total. The number of halogens is 1. The first-order valence-electron chi connectivity index (χ1n) is 5.54. The molecule has 3 rings (SSSR count). The first kappa shape index (κ1) is 11.7. The van der Waals surface area contributed by atoms with Gasteiger partial charge in [-0.15, -0.1) is 0 Å². The van der Waals surface area contributed by atoms with E-state index in [1.807, 2.05) is 0 Å². The molecule has 0 saturated heterocycles. The van der Waals surface area contributed by atoms with E-state index in [0.29, 0.717) is 16.4 Å². The molecule has 2 aromatic carbocycles. The Morgan fingerprint density at radius 3 is 2.79 bits per heavy atom. The van der Waals surface area contributed by atoms with Crippen molar-refractivity contribution in [2.45, 2.75) is 0 Å². The van der Waals surface area contributed by atoms with Crippen molar-refractivity contribution in [3.05, 3.63) is 57.6 Å². The summed E-state index contributed by atoms with van der Waals surface area (Å²) in [6.45, 7) is 0. The molecule has 0 bridgehead atoms. The summed E-state index contributed by atoms with van der Waals surface area (Å²) >= 11 is 5.90. The van der Waals surface area contributed by atoms with Gasteiger partial charge in [0.25, 0.3) is 5.69 Å². The monoisotopic (exact) mass is 273 g/mol. The lowest BCUT2D eigenvalue weighted by Crippen LogP contribution is -1.92. The number of fused-ring (bicyclic) bond motifs is 1. The molecule has 6 heteroatoms. The summed E-state index contributed by atoms with van der Waals surface area (Å²) in [4.78, 5) is 18.0. The van der Waals surface area contributed by atoms with Crippen LogP contribution in [0.1, 0.15) is 0 Å². The number of nitrogens with zero attached hydrogens (tertiary/aromatic N) is 2. The average molecular weight is 274 g/mol. The van der Waals surface area contributed by atoms with Crippen LogP contribution in [0.15, 0.2) is 42.5 Å². The van der Waals surface area contributed by atoms with Crippen LogP contribution < -0.4 is 0 Å². The number of hydrogen-bond acceptors (Lipinski definition) is 3. The number of rotatable bonds is 2. The van der Waals surface area contributed by atoms with Gasteiger partial charge < -0.3 is 4.98 Å². The van der Waals surface area contributed by atoms with Gasteiger partial charge in [-0.05, 0) is 24.3 Å².